The Morgan fingerprint density at radius 3 is 2.19 bits per heavy atom. The third-order valence-electron chi connectivity index (χ3n) is 4.18. The summed E-state index contributed by atoms with van der Waals surface area (Å²) >= 11 is 0. The maximum atomic E-state index is 11.9. The maximum absolute atomic E-state index is 11.9. The van der Waals surface area contributed by atoms with Crippen LogP contribution in [0.15, 0.2) is 0 Å². The molecule has 1 aliphatic rings. The average molecular weight is 342 g/mol. The summed E-state index contributed by atoms with van der Waals surface area (Å²) in [5, 5.41) is 3.03. The summed E-state index contributed by atoms with van der Waals surface area (Å²) in [6.45, 7) is 10.4. The van der Waals surface area contributed by atoms with Crippen LogP contribution < -0.4 is 11.1 Å². The molecule has 2 atom stereocenters. The number of carbonyl (C=O) groups excluding carboxylic acids is 1. The Kier molecular flexibility index (Phi) is 12.8. The molecule has 1 saturated carbocycles. The van der Waals surface area contributed by atoms with Gasteiger partial charge in [-0.3, -0.25) is 9.69 Å². The van der Waals surface area contributed by atoms with Gasteiger partial charge in [-0.2, -0.15) is 0 Å². The lowest BCUT2D eigenvalue weighted by atomic mass is 10.00. The van der Waals surface area contributed by atoms with Crippen LogP contribution in [0.5, 0.6) is 0 Å². The molecule has 0 aromatic rings. The molecule has 21 heavy (non-hydrogen) atoms. The summed E-state index contributed by atoms with van der Waals surface area (Å²) in [5.74, 6) is 0.557. The number of amides is 1. The molecular formula is C15H33Cl2N3O. The fourth-order valence-electron chi connectivity index (χ4n) is 3.07. The molecule has 3 N–H and O–H groups in total. The van der Waals surface area contributed by atoms with Crippen molar-refractivity contribution in [1.82, 2.24) is 10.2 Å². The summed E-state index contributed by atoms with van der Waals surface area (Å²) in [6.07, 6.45) is 3.96. The lowest BCUT2D eigenvalue weighted by molar-refractivity contribution is -0.122. The lowest BCUT2D eigenvalue weighted by Gasteiger charge is -2.30. The first kappa shape index (κ1) is 23.2. The molecule has 0 bridgehead atoms. The quantitative estimate of drug-likeness (QED) is 0.748. The molecule has 6 heteroatoms. The number of halogens is 2. The van der Waals surface area contributed by atoms with Gasteiger partial charge in [-0.05, 0) is 46.5 Å². The van der Waals surface area contributed by atoms with Crippen LogP contribution >= 0.6 is 24.8 Å². The van der Waals surface area contributed by atoms with Crippen LogP contribution in [0.2, 0.25) is 0 Å². The first-order valence-electron chi connectivity index (χ1n) is 7.69. The fourth-order valence-corrected chi connectivity index (χ4v) is 3.07. The fraction of sp³-hybridized carbons (Fsp3) is 0.933. The van der Waals surface area contributed by atoms with Crippen LogP contribution in [0.4, 0.5) is 0 Å². The molecule has 0 unspecified atom stereocenters. The largest absolute Gasteiger partial charge is 0.355 e. The van der Waals surface area contributed by atoms with Crippen molar-refractivity contribution in [3.63, 3.8) is 0 Å². The maximum Gasteiger partial charge on any atom is 0.220 e. The highest BCUT2D eigenvalue weighted by Gasteiger charge is 2.25. The molecule has 0 aliphatic heterocycles. The van der Waals surface area contributed by atoms with Crippen molar-refractivity contribution in [3.05, 3.63) is 0 Å². The summed E-state index contributed by atoms with van der Waals surface area (Å²) in [7, 11) is 0. The van der Waals surface area contributed by atoms with E-state index in [4.69, 9.17) is 5.73 Å². The first-order chi connectivity index (χ1) is 8.91. The van der Waals surface area contributed by atoms with Crippen LogP contribution in [-0.4, -0.2) is 42.0 Å². The second-order valence-electron chi connectivity index (χ2n) is 6.33. The third kappa shape index (κ3) is 8.24. The predicted molar refractivity (Wildman–Crippen MR) is 94.4 cm³/mol. The zero-order chi connectivity index (χ0) is 14.4. The minimum Gasteiger partial charge on any atom is -0.355 e. The Morgan fingerprint density at radius 2 is 1.76 bits per heavy atom. The molecule has 4 nitrogen and oxygen atoms in total. The third-order valence-corrected chi connectivity index (χ3v) is 4.18. The molecule has 1 aliphatic carbocycles. The smallest absolute Gasteiger partial charge is 0.220 e. The normalized spacial score (nSPS) is 21.3. The molecule has 0 aromatic heterocycles. The topological polar surface area (TPSA) is 58.4 Å². The van der Waals surface area contributed by atoms with Crippen molar-refractivity contribution in [2.75, 3.05) is 13.1 Å². The van der Waals surface area contributed by atoms with E-state index in [0.717, 1.165) is 25.9 Å². The minimum absolute atomic E-state index is 0. The number of rotatable bonds is 7. The Balaban J connectivity index is 0. The minimum atomic E-state index is 0. The Hall–Kier alpha value is -0.0300. The highest BCUT2D eigenvalue weighted by molar-refractivity contribution is 5.85. The van der Waals surface area contributed by atoms with Crippen molar-refractivity contribution in [1.29, 1.82) is 0 Å². The molecule has 0 spiro atoms. The molecule has 1 amide bonds. The van der Waals surface area contributed by atoms with Gasteiger partial charge in [0.15, 0.2) is 0 Å². The molecule has 0 aromatic carbocycles. The number of hydrogen-bond acceptors (Lipinski definition) is 3. The van der Waals surface area contributed by atoms with Gasteiger partial charge in [0.1, 0.15) is 0 Å². The lowest BCUT2D eigenvalue weighted by Crippen LogP contribution is -2.43. The van der Waals surface area contributed by atoms with Crippen LogP contribution in [-0.2, 0) is 4.79 Å². The van der Waals surface area contributed by atoms with Crippen molar-refractivity contribution in [3.8, 4) is 0 Å². The molecular weight excluding hydrogens is 309 g/mol. The molecule has 0 saturated heterocycles. The Bertz CT molecular complexity index is 280. The van der Waals surface area contributed by atoms with Gasteiger partial charge in [0.2, 0.25) is 5.91 Å². The number of nitrogens with zero attached hydrogens (tertiary/aromatic N) is 1. The zero-order valence-corrected chi connectivity index (χ0v) is 15.4. The van der Waals surface area contributed by atoms with Crippen LogP contribution in [0.3, 0.4) is 0 Å². The van der Waals surface area contributed by atoms with E-state index in [1.54, 1.807) is 0 Å². The first-order valence-corrected chi connectivity index (χ1v) is 7.69. The summed E-state index contributed by atoms with van der Waals surface area (Å²) in [6, 6.07) is 1.26. The molecule has 0 heterocycles. The van der Waals surface area contributed by atoms with E-state index < -0.39 is 0 Å². The van der Waals surface area contributed by atoms with Crippen LogP contribution in [0.1, 0.15) is 53.4 Å². The molecule has 128 valence electrons. The van der Waals surface area contributed by atoms with Crippen LogP contribution in [0.25, 0.3) is 0 Å². The van der Waals surface area contributed by atoms with Gasteiger partial charge >= 0.3 is 0 Å². The highest BCUT2D eigenvalue weighted by atomic mass is 35.5. The van der Waals surface area contributed by atoms with Crippen molar-refractivity contribution in [2.45, 2.75) is 71.5 Å². The summed E-state index contributed by atoms with van der Waals surface area (Å²) in [5.41, 5.74) is 6.00. The van der Waals surface area contributed by atoms with Crippen LogP contribution in [0, 0.1) is 5.92 Å². The van der Waals surface area contributed by atoms with Gasteiger partial charge in [0, 0.05) is 37.6 Å². The summed E-state index contributed by atoms with van der Waals surface area (Å²) in [4.78, 5) is 14.3. The van der Waals surface area contributed by atoms with Gasteiger partial charge in [0.25, 0.3) is 0 Å². The zero-order valence-electron chi connectivity index (χ0n) is 13.8. The Morgan fingerprint density at radius 1 is 1.19 bits per heavy atom. The van der Waals surface area contributed by atoms with Gasteiger partial charge in [0.05, 0.1) is 0 Å². The van der Waals surface area contributed by atoms with Crippen molar-refractivity contribution < 1.29 is 4.79 Å². The predicted octanol–water partition coefficient (Wildman–Crippen LogP) is 2.58. The molecule has 1 fully saturated rings. The van der Waals surface area contributed by atoms with Gasteiger partial charge in [-0.1, -0.05) is 6.42 Å². The van der Waals surface area contributed by atoms with Crippen molar-refractivity contribution in [2.24, 2.45) is 11.7 Å². The average Bonchev–Trinajstić information content (AvgIpc) is 2.69. The number of nitrogens with one attached hydrogen (secondary N) is 1. The van der Waals surface area contributed by atoms with E-state index in [9.17, 15) is 4.79 Å². The number of carbonyl (C=O) groups is 1. The molecule has 0 radical (unpaired) electrons. The van der Waals surface area contributed by atoms with Gasteiger partial charge < -0.3 is 11.1 Å². The Labute approximate surface area is 142 Å². The second kappa shape index (κ2) is 11.5. The second-order valence-corrected chi connectivity index (χ2v) is 6.33. The SMILES string of the molecule is CC(C)N(CCNC(=O)C[C@@H]1CCC[C@H]1N)C(C)C.Cl.Cl. The van der Waals surface area contributed by atoms with E-state index in [0.29, 0.717) is 24.4 Å². The van der Waals surface area contributed by atoms with E-state index in [2.05, 4.69) is 37.9 Å². The number of nitrogens with two attached hydrogens (primary N) is 1. The van der Waals surface area contributed by atoms with E-state index in [1.165, 1.54) is 6.42 Å². The number of hydrogen-bond donors (Lipinski definition) is 2. The highest BCUT2D eigenvalue weighted by Crippen LogP contribution is 2.26. The van der Waals surface area contributed by atoms with Gasteiger partial charge in [-0.15, -0.1) is 24.8 Å². The van der Waals surface area contributed by atoms with E-state index >= 15 is 0 Å². The summed E-state index contributed by atoms with van der Waals surface area (Å²) < 4.78 is 0. The monoisotopic (exact) mass is 341 g/mol. The van der Waals surface area contributed by atoms with Gasteiger partial charge in [-0.25, -0.2) is 0 Å². The van der Waals surface area contributed by atoms with E-state index in [1.807, 2.05) is 0 Å². The van der Waals surface area contributed by atoms with Crippen molar-refractivity contribution >= 4 is 30.7 Å². The standard InChI is InChI=1S/C15H31N3O.2ClH/c1-11(2)18(12(3)4)9-8-17-15(19)10-13-6-5-7-14(13)16;;/h11-14H,5-10,16H2,1-4H3,(H,17,19);2*1H/t13-,14+;;/m0../s1. The molecule has 1 rings (SSSR count). The van der Waals surface area contributed by atoms with E-state index in [-0.39, 0.29) is 36.8 Å².